The second kappa shape index (κ2) is 9.85. The maximum atomic E-state index is 14.0. The Labute approximate surface area is 193 Å². The highest BCUT2D eigenvalue weighted by atomic mass is 35.5. The molecule has 4 nitrogen and oxygen atoms in total. The Bertz CT molecular complexity index is 987. The number of benzene rings is 2. The average molecular weight is 493 g/mol. The summed E-state index contributed by atoms with van der Waals surface area (Å²) in [6, 6.07) is 7.93. The summed E-state index contributed by atoms with van der Waals surface area (Å²) in [5.41, 5.74) is -0.0472. The van der Waals surface area contributed by atoms with E-state index in [0.717, 1.165) is 17.7 Å². The van der Waals surface area contributed by atoms with E-state index < -0.39 is 23.7 Å². The van der Waals surface area contributed by atoms with Crippen molar-refractivity contribution in [2.24, 2.45) is 0 Å². The summed E-state index contributed by atoms with van der Waals surface area (Å²) in [6.45, 7) is 2.84. The van der Waals surface area contributed by atoms with Gasteiger partial charge in [-0.3, -0.25) is 4.90 Å². The van der Waals surface area contributed by atoms with E-state index in [2.05, 4.69) is 0 Å². The minimum Gasteiger partial charge on any atom is -0.450 e. The van der Waals surface area contributed by atoms with Crippen molar-refractivity contribution < 1.29 is 27.1 Å². The third-order valence-corrected chi connectivity index (χ3v) is 6.26. The van der Waals surface area contributed by atoms with Crippen LogP contribution in [0.1, 0.15) is 29.5 Å². The van der Waals surface area contributed by atoms with Gasteiger partial charge in [-0.1, -0.05) is 35.3 Å². The Balaban J connectivity index is 1.85. The molecule has 0 radical (unpaired) electrons. The van der Waals surface area contributed by atoms with Gasteiger partial charge in [0.15, 0.2) is 0 Å². The van der Waals surface area contributed by atoms with Crippen molar-refractivity contribution in [1.82, 2.24) is 9.80 Å². The molecule has 1 amide bonds. The van der Waals surface area contributed by atoms with E-state index in [0.29, 0.717) is 28.7 Å². The molecule has 10 heteroatoms. The van der Waals surface area contributed by atoms with Crippen LogP contribution in [0.4, 0.5) is 22.4 Å². The maximum Gasteiger partial charge on any atom is 0.419 e. The summed E-state index contributed by atoms with van der Waals surface area (Å²) in [7, 11) is 1.78. The number of ether oxygens (including phenoxy) is 1. The summed E-state index contributed by atoms with van der Waals surface area (Å²) < 4.78 is 57.7. The first-order valence-electron chi connectivity index (χ1n) is 9.93. The van der Waals surface area contributed by atoms with Crippen LogP contribution in [0.25, 0.3) is 0 Å². The lowest BCUT2D eigenvalue weighted by atomic mass is 9.93. The van der Waals surface area contributed by atoms with Crippen LogP contribution >= 0.6 is 23.2 Å². The van der Waals surface area contributed by atoms with Gasteiger partial charge in [0.05, 0.1) is 22.2 Å². The molecular formula is C22H22Cl2F4N2O2. The number of hydrogen-bond acceptors (Lipinski definition) is 3. The van der Waals surface area contributed by atoms with Crippen molar-refractivity contribution in [3.63, 3.8) is 0 Å². The lowest BCUT2D eigenvalue weighted by Gasteiger charge is -2.29. The monoisotopic (exact) mass is 492 g/mol. The first kappa shape index (κ1) is 24.6. The fourth-order valence-corrected chi connectivity index (χ4v) is 4.27. The van der Waals surface area contributed by atoms with Crippen LogP contribution in [0, 0.1) is 5.82 Å². The van der Waals surface area contributed by atoms with Gasteiger partial charge < -0.3 is 9.64 Å². The molecule has 0 unspecified atom stereocenters. The number of amides is 1. The number of halogens is 6. The fraction of sp³-hybridized carbons (Fsp3) is 0.409. The highest BCUT2D eigenvalue weighted by Gasteiger charge is 2.39. The number of hydrogen-bond donors (Lipinski definition) is 0. The van der Waals surface area contributed by atoms with E-state index in [9.17, 15) is 22.4 Å². The van der Waals surface area contributed by atoms with Crippen LogP contribution < -0.4 is 0 Å². The highest BCUT2D eigenvalue weighted by molar-refractivity contribution is 6.42. The summed E-state index contributed by atoms with van der Waals surface area (Å²) in [4.78, 5) is 15.8. The second-order valence-corrected chi connectivity index (χ2v) is 8.49. The number of likely N-dealkylation sites (N-methyl/N-ethyl adjacent to an activating group) is 1. The summed E-state index contributed by atoms with van der Waals surface area (Å²) >= 11 is 12.2. The lowest BCUT2D eigenvalue weighted by Crippen LogP contribution is -2.38. The van der Waals surface area contributed by atoms with Crippen molar-refractivity contribution in [2.75, 3.05) is 26.7 Å². The van der Waals surface area contributed by atoms with Crippen molar-refractivity contribution in [2.45, 2.75) is 31.6 Å². The molecule has 0 bridgehead atoms. The van der Waals surface area contributed by atoms with Gasteiger partial charge in [-0.2, -0.15) is 13.2 Å². The standard InChI is InChI=1S/C22H22Cl2F4N2O2/c1-3-32-21(31)30-11-15(14-5-7-17(23)18(24)9-14)20(12-30)29(2)10-13-4-6-16(19(25)8-13)22(26,27)28/h4-9,15,20H,3,10-12H2,1-2H3/t15-,20+/m1/s1. The Morgan fingerprint density at radius 1 is 1.16 bits per heavy atom. The minimum atomic E-state index is -4.75. The molecule has 2 aromatic rings. The SMILES string of the molecule is CCOC(=O)N1C[C@H](c2ccc(Cl)c(Cl)c2)[C@@H](N(C)Cc2ccc(C(F)(F)F)c(F)c2)C1. The highest BCUT2D eigenvalue weighted by Crippen LogP contribution is 2.36. The Morgan fingerprint density at radius 3 is 2.47 bits per heavy atom. The molecule has 1 saturated heterocycles. The number of rotatable bonds is 5. The molecule has 1 fully saturated rings. The van der Waals surface area contributed by atoms with E-state index in [1.54, 1.807) is 31.0 Å². The third-order valence-electron chi connectivity index (χ3n) is 5.52. The van der Waals surface area contributed by atoms with Gasteiger partial charge in [0.1, 0.15) is 5.82 Å². The summed E-state index contributed by atoms with van der Waals surface area (Å²) in [6.07, 6.45) is -5.20. The van der Waals surface area contributed by atoms with Gasteiger partial charge in [0.25, 0.3) is 0 Å². The zero-order valence-corrected chi connectivity index (χ0v) is 18.9. The van der Waals surface area contributed by atoms with Gasteiger partial charge in [0, 0.05) is 31.6 Å². The first-order chi connectivity index (χ1) is 15.0. The molecule has 1 aliphatic rings. The molecule has 0 saturated carbocycles. The van der Waals surface area contributed by atoms with Crippen molar-refractivity contribution >= 4 is 29.3 Å². The van der Waals surface area contributed by atoms with Crippen LogP contribution in [0.2, 0.25) is 10.0 Å². The zero-order chi connectivity index (χ0) is 23.6. The summed E-state index contributed by atoms with van der Waals surface area (Å²) in [5.74, 6) is -1.47. The van der Waals surface area contributed by atoms with E-state index in [1.165, 1.54) is 6.07 Å². The van der Waals surface area contributed by atoms with Crippen LogP contribution in [-0.4, -0.2) is 48.7 Å². The molecule has 0 aliphatic carbocycles. The van der Waals surface area contributed by atoms with Crippen LogP contribution in [0.5, 0.6) is 0 Å². The Kier molecular flexibility index (Phi) is 7.57. The van der Waals surface area contributed by atoms with E-state index in [4.69, 9.17) is 27.9 Å². The van der Waals surface area contributed by atoms with Gasteiger partial charge in [-0.25, -0.2) is 9.18 Å². The average Bonchev–Trinajstić information content (AvgIpc) is 3.15. The minimum absolute atomic E-state index is 0.154. The van der Waals surface area contributed by atoms with Crippen LogP contribution in [0.15, 0.2) is 36.4 Å². The first-order valence-corrected chi connectivity index (χ1v) is 10.7. The Morgan fingerprint density at radius 2 is 1.88 bits per heavy atom. The van der Waals surface area contributed by atoms with Crippen molar-refractivity contribution in [1.29, 1.82) is 0 Å². The quantitative estimate of drug-likeness (QED) is 0.465. The maximum absolute atomic E-state index is 14.0. The van der Waals surface area contributed by atoms with Crippen molar-refractivity contribution in [3.8, 4) is 0 Å². The molecule has 32 heavy (non-hydrogen) atoms. The molecule has 0 aromatic heterocycles. The van der Waals surface area contributed by atoms with Gasteiger partial charge in [-0.05, 0) is 49.4 Å². The molecule has 1 heterocycles. The zero-order valence-electron chi connectivity index (χ0n) is 17.4. The molecule has 0 N–H and O–H groups in total. The predicted octanol–water partition coefficient (Wildman–Crippen LogP) is 6.21. The molecular weight excluding hydrogens is 471 g/mol. The smallest absolute Gasteiger partial charge is 0.419 e. The van der Waals surface area contributed by atoms with E-state index in [-0.39, 0.29) is 25.1 Å². The lowest BCUT2D eigenvalue weighted by molar-refractivity contribution is -0.140. The molecule has 2 atom stereocenters. The fourth-order valence-electron chi connectivity index (χ4n) is 3.96. The van der Waals surface area contributed by atoms with Gasteiger partial charge >= 0.3 is 12.3 Å². The largest absolute Gasteiger partial charge is 0.450 e. The molecule has 0 spiro atoms. The number of alkyl halides is 3. The van der Waals surface area contributed by atoms with E-state index in [1.807, 2.05) is 11.0 Å². The van der Waals surface area contributed by atoms with Gasteiger partial charge in [-0.15, -0.1) is 0 Å². The molecule has 3 rings (SSSR count). The number of carbonyl (C=O) groups is 1. The molecule has 174 valence electrons. The third kappa shape index (κ3) is 5.47. The second-order valence-electron chi connectivity index (χ2n) is 7.68. The normalized spacial score (nSPS) is 19.0. The number of nitrogens with zero attached hydrogens (tertiary/aromatic N) is 2. The number of likely N-dealkylation sites (tertiary alicyclic amines) is 1. The number of carbonyl (C=O) groups excluding carboxylic acids is 1. The van der Waals surface area contributed by atoms with E-state index >= 15 is 0 Å². The topological polar surface area (TPSA) is 32.8 Å². The Hall–Kier alpha value is -2.03. The van der Waals surface area contributed by atoms with Crippen LogP contribution in [0.3, 0.4) is 0 Å². The van der Waals surface area contributed by atoms with Crippen LogP contribution in [-0.2, 0) is 17.5 Å². The summed E-state index contributed by atoms with van der Waals surface area (Å²) in [5, 5.41) is 0.783. The van der Waals surface area contributed by atoms with Gasteiger partial charge in [0.2, 0.25) is 0 Å². The predicted molar refractivity (Wildman–Crippen MR) is 114 cm³/mol. The molecule has 2 aromatic carbocycles. The van der Waals surface area contributed by atoms with Crippen molar-refractivity contribution in [3.05, 3.63) is 69.0 Å². The molecule has 1 aliphatic heterocycles.